The lowest BCUT2D eigenvalue weighted by molar-refractivity contribution is 0.0937. The quantitative estimate of drug-likeness (QED) is 0.708. The van der Waals surface area contributed by atoms with Crippen molar-refractivity contribution in [1.82, 2.24) is 15.1 Å². The fraction of sp³-hybridized carbons (Fsp3) is 0.462. The minimum atomic E-state index is 0.0743. The van der Waals surface area contributed by atoms with Crippen molar-refractivity contribution in [3.05, 3.63) is 30.0 Å². The van der Waals surface area contributed by atoms with Crippen molar-refractivity contribution in [2.45, 2.75) is 6.54 Å². The van der Waals surface area contributed by atoms with E-state index in [9.17, 15) is 0 Å². The summed E-state index contributed by atoms with van der Waals surface area (Å²) >= 11 is 0. The number of nitrogens with zero attached hydrogens (tertiary/aromatic N) is 2. The molecule has 0 aliphatic carbocycles. The van der Waals surface area contributed by atoms with Crippen LogP contribution in [0.4, 0.5) is 0 Å². The van der Waals surface area contributed by atoms with Crippen LogP contribution in [0.15, 0.2) is 24.3 Å². The Labute approximate surface area is 106 Å². The maximum Gasteiger partial charge on any atom is 0.0841 e. The molecule has 0 bridgehead atoms. The van der Waals surface area contributed by atoms with Crippen molar-refractivity contribution in [1.29, 1.82) is 0 Å². The Bertz CT molecular complexity index is 496. The van der Waals surface area contributed by atoms with E-state index >= 15 is 0 Å². The van der Waals surface area contributed by atoms with Gasteiger partial charge in [0.2, 0.25) is 0 Å². The van der Waals surface area contributed by atoms with Crippen molar-refractivity contribution in [2.24, 2.45) is 7.05 Å². The molecule has 0 amide bonds. The molecule has 0 saturated heterocycles. The van der Waals surface area contributed by atoms with Gasteiger partial charge in [-0.1, -0.05) is 18.2 Å². The highest BCUT2D eigenvalue weighted by Gasteiger charge is 2.06. The van der Waals surface area contributed by atoms with E-state index in [4.69, 9.17) is 9.84 Å². The Hall–Kier alpha value is -1.43. The summed E-state index contributed by atoms with van der Waals surface area (Å²) in [6.45, 7) is 2.55. The van der Waals surface area contributed by atoms with E-state index in [-0.39, 0.29) is 6.61 Å². The molecule has 1 aromatic heterocycles. The molecular weight excluding hydrogens is 230 g/mol. The Kier molecular flexibility index (Phi) is 4.69. The van der Waals surface area contributed by atoms with Crippen LogP contribution in [0.3, 0.4) is 0 Å². The molecule has 0 unspecified atom stereocenters. The van der Waals surface area contributed by atoms with Crippen LogP contribution in [0.1, 0.15) is 5.69 Å². The monoisotopic (exact) mass is 249 g/mol. The molecule has 0 atom stereocenters. The first-order valence-corrected chi connectivity index (χ1v) is 6.13. The summed E-state index contributed by atoms with van der Waals surface area (Å²) in [5.74, 6) is 0. The third kappa shape index (κ3) is 3.07. The summed E-state index contributed by atoms with van der Waals surface area (Å²) < 4.78 is 7.07. The van der Waals surface area contributed by atoms with Gasteiger partial charge in [0.25, 0.3) is 0 Å². The van der Waals surface area contributed by atoms with E-state index in [1.165, 1.54) is 5.39 Å². The number of aromatic nitrogens is 2. The van der Waals surface area contributed by atoms with Gasteiger partial charge in [0.05, 0.1) is 31.0 Å². The number of hydrogen-bond donors (Lipinski definition) is 2. The zero-order valence-electron chi connectivity index (χ0n) is 10.6. The van der Waals surface area contributed by atoms with Gasteiger partial charge in [0, 0.05) is 25.5 Å². The summed E-state index contributed by atoms with van der Waals surface area (Å²) in [5.41, 5.74) is 2.20. The SMILES string of the molecule is Cn1nc(CNCCOCCO)c2ccccc21. The number of rotatable bonds is 7. The van der Waals surface area contributed by atoms with Crippen LogP contribution in [0.5, 0.6) is 0 Å². The summed E-state index contributed by atoms with van der Waals surface area (Å²) in [5, 5.41) is 17.5. The first-order chi connectivity index (χ1) is 8.83. The van der Waals surface area contributed by atoms with Crippen LogP contribution in [0.25, 0.3) is 10.9 Å². The minimum absolute atomic E-state index is 0.0743. The maximum absolute atomic E-state index is 8.56. The predicted octanol–water partition coefficient (Wildman–Crippen LogP) is 0.672. The molecule has 0 fully saturated rings. The number of ether oxygens (including phenoxy) is 1. The Morgan fingerprint density at radius 2 is 2.17 bits per heavy atom. The molecule has 2 aromatic rings. The predicted molar refractivity (Wildman–Crippen MR) is 70.3 cm³/mol. The van der Waals surface area contributed by atoms with Crippen LogP contribution >= 0.6 is 0 Å². The molecule has 0 spiro atoms. The van der Waals surface area contributed by atoms with Crippen molar-refractivity contribution < 1.29 is 9.84 Å². The maximum atomic E-state index is 8.56. The van der Waals surface area contributed by atoms with Gasteiger partial charge in [0.1, 0.15) is 0 Å². The molecule has 0 aliphatic heterocycles. The van der Waals surface area contributed by atoms with Gasteiger partial charge < -0.3 is 15.2 Å². The summed E-state index contributed by atoms with van der Waals surface area (Å²) in [6, 6.07) is 8.19. The van der Waals surface area contributed by atoms with Crippen LogP contribution in [-0.4, -0.2) is 41.3 Å². The van der Waals surface area contributed by atoms with Gasteiger partial charge in [-0.25, -0.2) is 0 Å². The minimum Gasteiger partial charge on any atom is -0.394 e. The highest BCUT2D eigenvalue weighted by Crippen LogP contribution is 2.16. The van der Waals surface area contributed by atoms with Gasteiger partial charge in [-0.2, -0.15) is 5.10 Å². The van der Waals surface area contributed by atoms with E-state index in [0.29, 0.717) is 13.2 Å². The smallest absolute Gasteiger partial charge is 0.0841 e. The average molecular weight is 249 g/mol. The van der Waals surface area contributed by atoms with E-state index in [1.807, 2.05) is 23.9 Å². The lowest BCUT2D eigenvalue weighted by Gasteiger charge is -2.03. The molecule has 2 rings (SSSR count). The van der Waals surface area contributed by atoms with E-state index in [0.717, 1.165) is 24.3 Å². The molecule has 0 saturated carbocycles. The number of fused-ring (bicyclic) bond motifs is 1. The van der Waals surface area contributed by atoms with Crippen LogP contribution in [0.2, 0.25) is 0 Å². The fourth-order valence-electron chi connectivity index (χ4n) is 1.94. The van der Waals surface area contributed by atoms with Crippen molar-refractivity contribution >= 4 is 10.9 Å². The molecule has 1 aromatic carbocycles. The zero-order chi connectivity index (χ0) is 12.8. The molecule has 2 N–H and O–H groups in total. The number of para-hydroxylation sites is 1. The summed E-state index contributed by atoms with van der Waals surface area (Å²) in [7, 11) is 1.95. The summed E-state index contributed by atoms with van der Waals surface area (Å²) in [4.78, 5) is 0. The number of nitrogens with one attached hydrogen (secondary N) is 1. The number of benzene rings is 1. The first kappa shape index (κ1) is 13.0. The Morgan fingerprint density at radius 1 is 1.33 bits per heavy atom. The highest BCUT2D eigenvalue weighted by atomic mass is 16.5. The average Bonchev–Trinajstić information content (AvgIpc) is 2.71. The zero-order valence-corrected chi connectivity index (χ0v) is 10.6. The number of hydrogen-bond acceptors (Lipinski definition) is 4. The number of aliphatic hydroxyl groups excluding tert-OH is 1. The largest absolute Gasteiger partial charge is 0.394 e. The third-order valence-corrected chi connectivity index (χ3v) is 2.79. The van der Waals surface area contributed by atoms with Gasteiger partial charge in [0.15, 0.2) is 0 Å². The molecular formula is C13H19N3O2. The van der Waals surface area contributed by atoms with Gasteiger partial charge in [-0.3, -0.25) is 4.68 Å². The molecule has 0 aliphatic rings. The topological polar surface area (TPSA) is 59.3 Å². The first-order valence-electron chi connectivity index (χ1n) is 6.13. The molecule has 18 heavy (non-hydrogen) atoms. The van der Waals surface area contributed by atoms with Gasteiger partial charge >= 0.3 is 0 Å². The number of aliphatic hydroxyl groups is 1. The van der Waals surface area contributed by atoms with Crippen LogP contribution in [0, 0.1) is 0 Å². The van der Waals surface area contributed by atoms with Crippen molar-refractivity contribution in [3.63, 3.8) is 0 Å². The highest BCUT2D eigenvalue weighted by molar-refractivity contribution is 5.81. The van der Waals surface area contributed by atoms with E-state index < -0.39 is 0 Å². The molecule has 5 heteroatoms. The lowest BCUT2D eigenvalue weighted by atomic mass is 10.2. The normalized spacial score (nSPS) is 11.2. The second-order valence-electron chi connectivity index (χ2n) is 4.10. The number of aryl methyl sites for hydroxylation is 1. The van der Waals surface area contributed by atoms with Crippen molar-refractivity contribution in [3.8, 4) is 0 Å². The Morgan fingerprint density at radius 3 is 3.00 bits per heavy atom. The van der Waals surface area contributed by atoms with Crippen LogP contribution in [-0.2, 0) is 18.3 Å². The van der Waals surface area contributed by atoms with Gasteiger partial charge in [-0.15, -0.1) is 0 Å². The molecule has 98 valence electrons. The van der Waals surface area contributed by atoms with Gasteiger partial charge in [-0.05, 0) is 6.07 Å². The molecule has 0 radical (unpaired) electrons. The summed E-state index contributed by atoms with van der Waals surface area (Å²) in [6.07, 6.45) is 0. The standard InChI is InChI=1S/C13H19N3O2/c1-16-13-5-3-2-4-11(13)12(15-16)10-14-6-8-18-9-7-17/h2-5,14,17H,6-10H2,1H3. The second-order valence-corrected chi connectivity index (χ2v) is 4.10. The fourth-order valence-corrected chi connectivity index (χ4v) is 1.94. The Balaban J connectivity index is 1.88. The van der Waals surface area contributed by atoms with E-state index in [2.05, 4.69) is 22.5 Å². The van der Waals surface area contributed by atoms with Crippen molar-refractivity contribution in [2.75, 3.05) is 26.4 Å². The third-order valence-electron chi connectivity index (χ3n) is 2.79. The lowest BCUT2D eigenvalue weighted by Crippen LogP contribution is -2.20. The molecule has 5 nitrogen and oxygen atoms in total. The second kappa shape index (κ2) is 6.49. The molecule has 1 heterocycles. The van der Waals surface area contributed by atoms with Crippen LogP contribution < -0.4 is 5.32 Å². The van der Waals surface area contributed by atoms with E-state index in [1.54, 1.807) is 0 Å².